The Morgan fingerprint density at radius 2 is 2.07 bits per heavy atom. The third-order valence-corrected chi connectivity index (χ3v) is 5.47. The van der Waals surface area contributed by atoms with Crippen molar-refractivity contribution in [3.05, 3.63) is 64.2 Å². The molecule has 0 bridgehead atoms. The Morgan fingerprint density at radius 3 is 2.83 bits per heavy atom. The normalized spacial score (nSPS) is 11.0. The largest absolute Gasteiger partial charge is 0.493 e. The van der Waals surface area contributed by atoms with Crippen molar-refractivity contribution in [3.8, 4) is 11.5 Å². The van der Waals surface area contributed by atoms with Crippen LogP contribution in [0.15, 0.2) is 48.1 Å². The van der Waals surface area contributed by atoms with Crippen LogP contribution in [0.2, 0.25) is 0 Å². The highest BCUT2D eigenvalue weighted by molar-refractivity contribution is 7.09. The van der Waals surface area contributed by atoms with Gasteiger partial charge in [0, 0.05) is 29.7 Å². The van der Waals surface area contributed by atoms with Gasteiger partial charge in [-0.25, -0.2) is 4.98 Å². The highest BCUT2D eigenvalue weighted by atomic mass is 32.1. The maximum absolute atomic E-state index is 5.95. The van der Waals surface area contributed by atoms with Gasteiger partial charge in [0.2, 0.25) is 0 Å². The summed E-state index contributed by atoms with van der Waals surface area (Å²) in [5.41, 5.74) is 2.03. The molecule has 0 saturated heterocycles. The summed E-state index contributed by atoms with van der Waals surface area (Å²) in [7, 11) is 1.67. The van der Waals surface area contributed by atoms with Gasteiger partial charge in [-0.15, -0.1) is 11.3 Å². The fourth-order valence-corrected chi connectivity index (χ4v) is 3.80. The van der Waals surface area contributed by atoms with E-state index in [1.54, 1.807) is 23.0 Å². The van der Waals surface area contributed by atoms with Gasteiger partial charge in [-0.1, -0.05) is 12.1 Å². The van der Waals surface area contributed by atoms with E-state index < -0.39 is 0 Å². The first-order valence-electron chi connectivity index (χ1n) is 9.42. The molecule has 150 valence electrons. The predicted molar refractivity (Wildman–Crippen MR) is 114 cm³/mol. The standard InChI is InChI=1S/C21H23N5O2S/c1-4-25(20-10-15(2)24-21-22-14-23-26(20)21)12-16-7-8-18(19(11-16)27-3)28-13-17-6-5-9-29-17/h5-11,14H,4,12-13H2,1-3H3. The SMILES string of the molecule is CCN(Cc1ccc(OCc2cccs2)c(OC)c1)c1cc(C)nc2ncnn12. The molecule has 0 amide bonds. The highest BCUT2D eigenvalue weighted by Crippen LogP contribution is 2.30. The molecule has 4 aromatic rings. The third kappa shape index (κ3) is 4.17. The van der Waals surface area contributed by atoms with Crippen LogP contribution in [-0.4, -0.2) is 33.2 Å². The van der Waals surface area contributed by atoms with E-state index in [0.29, 0.717) is 18.9 Å². The van der Waals surface area contributed by atoms with Crippen LogP contribution in [0.1, 0.15) is 23.1 Å². The number of anilines is 1. The number of thiophene rings is 1. The molecule has 3 heterocycles. The quantitative estimate of drug-likeness (QED) is 0.436. The Hall–Kier alpha value is -3.13. The predicted octanol–water partition coefficient (Wildman–Crippen LogP) is 4.11. The van der Waals surface area contributed by atoms with Crippen LogP contribution in [0.4, 0.5) is 5.82 Å². The molecule has 0 unspecified atom stereocenters. The molecule has 0 N–H and O–H groups in total. The summed E-state index contributed by atoms with van der Waals surface area (Å²) < 4.78 is 13.3. The van der Waals surface area contributed by atoms with Gasteiger partial charge < -0.3 is 14.4 Å². The molecule has 29 heavy (non-hydrogen) atoms. The number of ether oxygens (including phenoxy) is 2. The lowest BCUT2D eigenvalue weighted by Gasteiger charge is -2.24. The van der Waals surface area contributed by atoms with E-state index in [4.69, 9.17) is 9.47 Å². The van der Waals surface area contributed by atoms with Crippen molar-refractivity contribution in [2.75, 3.05) is 18.6 Å². The van der Waals surface area contributed by atoms with Gasteiger partial charge in [0.25, 0.3) is 5.78 Å². The Bertz CT molecular complexity index is 1090. The van der Waals surface area contributed by atoms with Gasteiger partial charge >= 0.3 is 0 Å². The van der Waals surface area contributed by atoms with E-state index in [9.17, 15) is 0 Å². The number of rotatable bonds is 8. The molecule has 8 heteroatoms. The minimum atomic E-state index is 0.537. The molecule has 0 aliphatic heterocycles. The lowest BCUT2D eigenvalue weighted by atomic mass is 10.2. The smallest absolute Gasteiger partial charge is 0.254 e. The van der Waals surface area contributed by atoms with Crippen molar-refractivity contribution in [1.29, 1.82) is 0 Å². The molecular formula is C21H23N5O2S. The van der Waals surface area contributed by atoms with E-state index >= 15 is 0 Å². The van der Waals surface area contributed by atoms with Gasteiger partial charge in [-0.05, 0) is 43.0 Å². The summed E-state index contributed by atoms with van der Waals surface area (Å²) in [6, 6.07) is 12.2. The molecule has 0 fully saturated rings. The zero-order chi connectivity index (χ0) is 20.2. The van der Waals surface area contributed by atoms with E-state index in [2.05, 4.69) is 39.0 Å². The first-order chi connectivity index (χ1) is 14.2. The minimum Gasteiger partial charge on any atom is -0.493 e. The lowest BCUT2D eigenvalue weighted by Crippen LogP contribution is -2.25. The average molecular weight is 410 g/mol. The van der Waals surface area contributed by atoms with Crippen LogP contribution in [-0.2, 0) is 13.2 Å². The second-order valence-corrected chi connectivity index (χ2v) is 7.63. The van der Waals surface area contributed by atoms with E-state index in [1.807, 2.05) is 36.6 Å². The molecule has 7 nitrogen and oxygen atoms in total. The molecule has 0 radical (unpaired) electrons. The molecule has 0 spiro atoms. The van der Waals surface area contributed by atoms with Gasteiger partial charge in [0.05, 0.1) is 7.11 Å². The van der Waals surface area contributed by atoms with Crippen LogP contribution < -0.4 is 14.4 Å². The maximum atomic E-state index is 5.95. The topological polar surface area (TPSA) is 64.8 Å². The zero-order valence-electron chi connectivity index (χ0n) is 16.7. The monoisotopic (exact) mass is 409 g/mol. The number of hydrogen-bond donors (Lipinski definition) is 0. The van der Waals surface area contributed by atoms with Crippen LogP contribution in [0.25, 0.3) is 5.78 Å². The van der Waals surface area contributed by atoms with E-state index in [0.717, 1.165) is 35.1 Å². The lowest BCUT2D eigenvalue weighted by molar-refractivity contribution is 0.287. The van der Waals surface area contributed by atoms with Crippen molar-refractivity contribution in [2.45, 2.75) is 27.0 Å². The van der Waals surface area contributed by atoms with Crippen molar-refractivity contribution in [2.24, 2.45) is 0 Å². The fourth-order valence-electron chi connectivity index (χ4n) is 3.18. The number of benzene rings is 1. The molecule has 0 atom stereocenters. The second kappa shape index (κ2) is 8.48. The summed E-state index contributed by atoms with van der Waals surface area (Å²) in [5, 5.41) is 6.37. The fraction of sp³-hybridized carbons (Fsp3) is 0.286. The van der Waals surface area contributed by atoms with Gasteiger partial charge in [-0.3, -0.25) is 0 Å². The first-order valence-corrected chi connectivity index (χ1v) is 10.3. The van der Waals surface area contributed by atoms with E-state index in [1.165, 1.54) is 11.2 Å². The molecular weight excluding hydrogens is 386 g/mol. The molecule has 0 saturated carbocycles. The average Bonchev–Trinajstić information content (AvgIpc) is 3.42. The Labute approximate surface area is 173 Å². The number of methoxy groups -OCH3 is 1. The minimum absolute atomic E-state index is 0.537. The Morgan fingerprint density at radius 1 is 1.17 bits per heavy atom. The highest BCUT2D eigenvalue weighted by Gasteiger charge is 2.14. The molecule has 0 aliphatic rings. The summed E-state index contributed by atoms with van der Waals surface area (Å²) in [6.07, 6.45) is 1.53. The zero-order valence-corrected chi connectivity index (χ0v) is 17.5. The number of hydrogen-bond acceptors (Lipinski definition) is 7. The van der Waals surface area contributed by atoms with E-state index in [-0.39, 0.29) is 0 Å². The Balaban J connectivity index is 1.56. The van der Waals surface area contributed by atoms with Crippen molar-refractivity contribution < 1.29 is 9.47 Å². The molecule has 4 rings (SSSR count). The van der Waals surface area contributed by atoms with Gasteiger partial charge in [0.15, 0.2) is 11.5 Å². The number of aryl methyl sites for hydroxylation is 1. The summed E-state index contributed by atoms with van der Waals surface area (Å²) >= 11 is 1.68. The second-order valence-electron chi connectivity index (χ2n) is 6.59. The number of aromatic nitrogens is 4. The summed E-state index contributed by atoms with van der Waals surface area (Å²) in [6.45, 7) is 6.14. The van der Waals surface area contributed by atoms with Gasteiger partial charge in [0.1, 0.15) is 18.8 Å². The van der Waals surface area contributed by atoms with Crippen LogP contribution in [0.5, 0.6) is 11.5 Å². The number of nitrogens with zero attached hydrogens (tertiary/aromatic N) is 5. The van der Waals surface area contributed by atoms with Crippen LogP contribution >= 0.6 is 11.3 Å². The molecule has 3 aromatic heterocycles. The van der Waals surface area contributed by atoms with Crippen molar-refractivity contribution in [3.63, 3.8) is 0 Å². The molecule has 0 aliphatic carbocycles. The van der Waals surface area contributed by atoms with Crippen LogP contribution in [0.3, 0.4) is 0 Å². The van der Waals surface area contributed by atoms with Crippen LogP contribution in [0, 0.1) is 6.92 Å². The van der Waals surface area contributed by atoms with Crippen molar-refractivity contribution >= 4 is 22.9 Å². The number of fused-ring (bicyclic) bond motifs is 1. The van der Waals surface area contributed by atoms with Crippen molar-refractivity contribution in [1.82, 2.24) is 19.6 Å². The molecule has 1 aromatic carbocycles. The summed E-state index contributed by atoms with van der Waals surface area (Å²) in [5.74, 6) is 3.04. The maximum Gasteiger partial charge on any atom is 0.254 e. The summed E-state index contributed by atoms with van der Waals surface area (Å²) in [4.78, 5) is 12.1. The third-order valence-electron chi connectivity index (χ3n) is 4.62. The first kappa shape index (κ1) is 19.2. The Kier molecular flexibility index (Phi) is 5.62. The van der Waals surface area contributed by atoms with Gasteiger partial charge in [-0.2, -0.15) is 14.6 Å².